The van der Waals surface area contributed by atoms with Crippen molar-refractivity contribution in [2.24, 2.45) is 0 Å². The SMILES string of the molecule is COC(=O)c1ccc(C(C(=O)NC2CCCCC2)N(C(=O)Cc2cccs2)c2ccccc2OC)cc1. The fourth-order valence-electron chi connectivity index (χ4n) is 4.76. The Balaban J connectivity index is 1.79. The number of carbonyl (C=O) groups excluding carboxylic acids is 3. The maximum atomic E-state index is 14.0. The molecule has 1 aliphatic carbocycles. The van der Waals surface area contributed by atoms with Crippen LogP contribution >= 0.6 is 11.3 Å². The number of ether oxygens (including phenoxy) is 2. The van der Waals surface area contributed by atoms with Crippen LogP contribution in [-0.2, 0) is 20.7 Å². The molecule has 8 heteroatoms. The highest BCUT2D eigenvalue weighted by Gasteiger charge is 2.35. The highest BCUT2D eigenvalue weighted by molar-refractivity contribution is 7.10. The summed E-state index contributed by atoms with van der Waals surface area (Å²) < 4.78 is 10.4. The molecule has 0 saturated heterocycles. The highest BCUT2D eigenvalue weighted by atomic mass is 32.1. The van der Waals surface area contributed by atoms with Gasteiger partial charge in [-0.05, 0) is 54.1 Å². The number of rotatable bonds is 9. The van der Waals surface area contributed by atoms with Crippen molar-refractivity contribution < 1.29 is 23.9 Å². The van der Waals surface area contributed by atoms with Gasteiger partial charge in [0.25, 0.3) is 0 Å². The third kappa shape index (κ3) is 6.38. The van der Waals surface area contributed by atoms with Crippen molar-refractivity contribution in [2.75, 3.05) is 19.1 Å². The molecule has 1 atom stereocenters. The van der Waals surface area contributed by atoms with E-state index in [9.17, 15) is 14.4 Å². The Morgan fingerprint density at radius 2 is 1.70 bits per heavy atom. The van der Waals surface area contributed by atoms with E-state index >= 15 is 0 Å². The fourth-order valence-corrected chi connectivity index (χ4v) is 5.45. The summed E-state index contributed by atoms with van der Waals surface area (Å²) in [7, 11) is 2.87. The van der Waals surface area contributed by atoms with Crippen LogP contribution in [0.15, 0.2) is 66.0 Å². The van der Waals surface area contributed by atoms with Crippen molar-refractivity contribution in [3.8, 4) is 5.75 Å². The third-order valence-electron chi connectivity index (χ3n) is 6.62. The largest absolute Gasteiger partial charge is 0.495 e. The second-order valence-electron chi connectivity index (χ2n) is 9.05. The molecule has 1 saturated carbocycles. The minimum Gasteiger partial charge on any atom is -0.495 e. The standard InChI is InChI=1S/C29H32N2O5S/c1-35-25-13-7-6-12-24(25)31(26(32)19-23-11-8-18-37-23)27(28(33)30-22-9-4-3-5-10-22)20-14-16-21(17-15-20)29(34)36-2/h6-8,11-18,22,27H,3-5,9-10,19H2,1-2H3,(H,30,33). The van der Waals surface area contributed by atoms with E-state index in [1.165, 1.54) is 23.3 Å². The molecule has 194 valence electrons. The Bertz CT molecular complexity index is 1200. The maximum absolute atomic E-state index is 14.0. The number of anilines is 1. The highest BCUT2D eigenvalue weighted by Crippen LogP contribution is 2.36. The van der Waals surface area contributed by atoms with Gasteiger partial charge in [-0.1, -0.05) is 49.6 Å². The van der Waals surface area contributed by atoms with Gasteiger partial charge in [0, 0.05) is 10.9 Å². The van der Waals surface area contributed by atoms with Crippen LogP contribution in [0.3, 0.4) is 0 Å². The molecule has 3 aromatic rings. The molecule has 0 bridgehead atoms. The van der Waals surface area contributed by atoms with Crippen LogP contribution in [0.2, 0.25) is 0 Å². The number of hydrogen-bond acceptors (Lipinski definition) is 6. The topological polar surface area (TPSA) is 84.9 Å². The van der Waals surface area contributed by atoms with Crippen molar-refractivity contribution in [1.29, 1.82) is 0 Å². The fraction of sp³-hybridized carbons (Fsp3) is 0.345. The molecule has 37 heavy (non-hydrogen) atoms. The lowest BCUT2D eigenvalue weighted by Gasteiger charge is -2.34. The van der Waals surface area contributed by atoms with Crippen molar-refractivity contribution in [3.05, 3.63) is 82.0 Å². The van der Waals surface area contributed by atoms with Crippen LogP contribution in [0.4, 0.5) is 5.69 Å². The summed E-state index contributed by atoms with van der Waals surface area (Å²) in [5.41, 5.74) is 1.46. The molecule has 1 aliphatic rings. The average molecular weight is 521 g/mol. The first kappa shape index (κ1) is 26.4. The smallest absolute Gasteiger partial charge is 0.337 e. The van der Waals surface area contributed by atoms with E-state index in [1.54, 1.807) is 43.5 Å². The predicted molar refractivity (Wildman–Crippen MR) is 144 cm³/mol. The Morgan fingerprint density at radius 3 is 2.35 bits per heavy atom. The monoisotopic (exact) mass is 520 g/mol. The van der Waals surface area contributed by atoms with Crippen molar-refractivity contribution >= 4 is 34.8 Å². The summed E-state index contributed by atoms with van der Waals surface area (Å²) in [6, 6.07) is 16.8. The number of carbonyl (C=O) groups is 3. The number of methoxy groups -OCH3 is 2. The molecule has 1 unspecified atom stereocenters. The van der Waals surface area contributed by atoms with Crippen LogP contribution in [-0.4, -0.2) is 38.0 Å². The number of benzene rings is 2. The van der Waals surface area contributed by atoms with E-state index in [0.29, 0.717) is 22.6 Å². The van der Waals surface area contributed by atoms with Crippen molar-refractivity contribution in [3.63, 3.8) is 0 Å². The first-order valence-electron chi connectivity index (χ1n) is 12.5. The second kappa shape index (κ2) is 12.5. The number of para-hydroxylation sites is 2. The zero-order chi connectivity index (χ0) is 26.2. The van der Waals surface area contributed by atoms with Crippen LogP contribution in [0, 0.1) is 0 Å². The van der Waals surface area contributed by atoms with Gasteiger partial charge in [-0.3, -0.25) is 14.5 Å². The number of thiophene rings is 1. The molecule has 7 nitrogen and oxygen atoms in total. The van der Waals surface area contributed by atoms with Gasteiger partial charge >= 0.3 is 5.97 Å². The molecule has 0 spiro atoms. The number of esters is 1. The van der Waals surface area contributed by atoms with E-state index in [2.05, 4.69) is 5.32 Å². The first-order chi connectivity index (χ1) is 18.0. The summed E-state index contributed by atoms with van der Waals surface area (Å²) in [5.74, 6) is -0.468. The molecular formula is C29H32N2O5S. The molecule has 2 aromatic carbocycles. The summed E-state index contributed by atoms with van der Waals surface area (Å²) in [6.07, 6.45) is 5.27. The summed E-state index contributed by atoms with van der Waals surface area (Å²) in [4.78, 5) is 42.4. The summed E-state index contributed by atoms with van der Waals surface area (Å²) in [6.45, 7) is 0. The Labute approximate surface area is 221 Å². The van der Waals surface area contributed by atoms with Gasteiger partial charge < -0.3 is 14.8 Å². The van der Waals surface area contributed by atoms with Gasteiger partial charge in [0.05, 0.1) is 31.9 Å². The predicted octanol–water partition coefficient (Wildman–Crippen LogP) is 5.31. The van der Waals surface area contributed by atoms with E-state index in [1.807, 2.05) is 29.6 Å². The van der Waals surface area contributed by atoms with Crippen molar-refractivity contribution in [2.45, 2.75) is 50.6 Å². The summed E-state index contributed by atoms with van der Waals surface area (Å²) in [5, 5.41) is 5.13. The van der Waals surface area contributed by atoms with Crippen LogP contribution < -0.4 is 15.0 Å². The average Bonchev–Trinajstić information content (AvgIpc) is 3.44. The van der Waals surface area contributed by atoms with Crippen LogP contribution in [0.25, 0.3) is 0 Å². The zero-order valence-electron chi connectivity index (χ0n) is 21.1. The molecule has 4 rings (SSSR count). The van der Waals surface area contributed by atoms with E-state index in [4.69, 9.17) is 9.47 Å². The number of hydrogen-bond donors (Lipinski definition) is 1. The summed E-state index contributed by atoms with van der Waals surface area (Å²) >= 11 is 1.50. The van der Waals surface area contributed by atoms with Gasteiger partial charge in [0.15, 0.2) is 0 Å². The number of nitrogens with one attached hydrogen (secondary N) is 1. The second-order valence-corrected chi connectivity index (χ2v) is 10.1. The van der Waals surface area contributed by atoms with Gasteiger partial charge in [-0.15, -0.1) is 11.3 Å². The molecule has 2 amide bonds. The first-order valence-corrected chi connectivity index (χ1v) is 13.4. The lowest BCUT2D eigenvalue weighted by atomic mass is 9.94. The minimum atomic E-state index is -0.961. The normalized spacial score (nSPS) is 14.4. The molecular weight excluding hydrogens is 488 g/mol. The zero-order valence-corrected chi connectivity index (χ0v) is 22.0. The molecule has 1 aromatic heterocycles. The number of amides is 2. The Morgan fingerprint density at radius 1 is 0.973 bits per heavy atom. The van der Waals surface area contributed by atoms with Crippen LogP contribution in [0.1, 0.15) is 58.9 Å². The van der Waals surface area contributed by atoms with Gasteiger partial charge in [0.1, 0.15) is 11.8 Å². The molecule has 0 radical (unpaired) electrons. The molecule has 1 N–H and O–H groups in total. The van der Waals surface area contributed by atoms with Gasteiger partial charge in [-0.25, -0.2) is 4.79 Å². The minimum absolute atomic E-state index is 0.0602. The third-order valence-corrected chi connectivity index (χ3v) is 7.50. The van der Waals surface area contributed by atoms with E-state index in [0.717, 1.165) is 37.0 Å². The Kier molecular flexibility index (Phi) is 8.95. The Hall–Kier alpha value is -3.65. The molecule has 0 aliphatic heterocycles. The lowest BCUT2D eigenvalue weighted by molar-refractivity contribution is -0.127. The maximum Gasteiger partial charge on any atom is 0.337 e. The van der Waals surface area contributed by atoms with Gasteiger partial charge in [0.2, 0.25) is 11.8 Å². The lowest BCUT2D eigenvalue weighted by Crippen LogP contribution is -2.47. The van der Waals surface area contributed by atoms with Crippen LogP contribution in [0.5, 0.6) is 5.75 Å². The van der Waals surface area contributed by atoms with Gasteiger partial charge in [-0.2, -0.15) is 0 Å². The quantitative estimate of drug-likeness (QED) is 0.387. The molecule has 1 fully saturated rings. The van der Waals surface area contributed by atoms with E-state index < -0.39 is 12.0 Å². The number of nitrogens with zero attached hydrogens (tertiary/aromatic N) is 1. The molecule has 1 heterocycles. The van der Waals surface area contributed by atoms with Crippen molar-refractivity contribution in [1.82, 2.24) is 5.32 Å². The van der Waals surface area contributed by atoms with E-state index in [-0.39, 0.29) is 24.3 Å².